The largest absolute Gasteiger partial charge is 0.370 e. The van der Waals surface area contributed by atoms with Crippen molar-refractivity contribution >= 4 is 5.82 Å². The number of anilines is 1. The Morgan fingerprint density at radius 1 is 1.33 bits per heavy atom. The predicted molar refractivity (Wildman–Crippen MR) is 76.9 cm³/mol. The van der Waals surface area contributed by atoms with Crippen molar-refractivity contribution in [1.29, 1.82) is 0 Å². The second-order valence-corrected chi connectivity index (χ2v) is 5.05. The molecule has 0 radical (unpaired) electrons. The average Bonchev–Trinajstić information content (AvgIpc) is 2.41. The number of likely N-dealkylation sites (tertiary alicyclic amines) is 1. The molecule has 1 aliphatic rings. The van der Waals surface area contributed by atoms with Gasteiger partial charge in [0.25, 0.3) is 0 Å². The van der Waals surface area contributed by atoms with Gasteiger partial charge in [0, 0.05) is 18.8 Å². The molecule has 1 atom stereocenters. The first-order chi connectivity index (χ1) is 8.85. The second-order valence-electron chi connectivity index (χ2n) is 5.05. The van der Waals surface area contributed by atoms with Crippen molar-refractivity contribution in [1.82, 2.24) is 9.88 Å². The van der Waals surface area contributed by atoms with E-state index in [4.69, 9.17) is 0 Å². The van der Waals surface area contributed by atoms with Crippen LogP contribution in [-0.4, -0.2) is 29.5 Å². The van der Waals surface area contributed by atoms with Gasteiger partial charge in [0.15, 0.2) is 0 Å². The molecule has 1 N–H and O–H groups in total. The van der Waals surface area contributed by atoms with Crippen molar-refractivity contribution in [3.8, 4) is 0 Å². The molecule has 3 heteroatoms. The second kappa shape index (κ2) is 6.74. The zero-order valence-electron chi connectivity index (χ0n) is 11.7. The van der Waals surface area contributed by atoms with Crippen LogP contribution < -0.4 is 5.32 Å². The van der Waals surface area contributed by atoms with Crippen LogP contribution in [-0.2, 0) is 0 Å². The van der Waals surface area contributed by atoms with Gasteiger partial charge in [-0.05, 0) is 50.9 Å². The minimum absolute atomic E-state index is 0.585. The van der Waals surface area contributed by atoms with Gasteiger partial charge >= 0.3 is 0 Å². The fourth-order valence-electron chi connectivity index (χ4n) is 2.81. The summed E-state index contributed by atoms with van der Waals surface area (Å²) in [5.74, 6) is 0.985. The lowest BCUT2D eigenvalue weighted by molar-refractivity contribution is 0.149. The summed E-state index contributed by atoms with van der Waals surface area (Å²) in [6.45, 7) is 7.74. The minimum atomic E-state index is 0.585. The lowest BCUT2D eigenvalue weighted by atomic mass is 9.96. The third-order valence-electron chi connectivity index (χ3n) is 3.65. The van der Waals surface area contributed by atoms with E-state index in [1.165, 1.54) is 44.3 Å². The Morgan fingerprint density at radius 3 is 2.89 bits per heavy atom. The Labute approximate surface area is 111 Å². The van der Waals surface area contributed by atoms with E-state index in [9.17, 15) is 0 Å². The molecule has 0 saturated carbocycles. The normalized spacial score (nSPS) is 20.9. The molecule has 1 aliphatic heterocycles. The van der Waals surface area contributed by atoms with Gasteiger partial charge in [0.2, 0.25) is 0 Å². The van der Waals surface area contributed by atoms with Gasteiger partial charge in [-0.1, -0.05) is 19.4 Å². The van der Waals surface area contributed by atoms with E-state index in [-0.39, 0.29) is 0 Å². The SMILES string of the molecule is CCCN1CCCCC1c1ccc(NCC)nc1. The third-order valence-corrected chi connectivity index (χ3v) is 3.65. The number of rotatable bonds is 5. The topological polar surface area (TPSA) is 28.2 Å². The van der Waals surface area contributed by atoms with E-state index in [0.717, 1.165) is 12.4 Å². The van der Waals surface area contributed by atoms with Crippen LogP contribution >= 0.6 is 0 Å². The van der Waals surface area contributed by atoms with Crippen molar-refractivity contribution in [2.45, 2.75) is 45.6 Å². The van der Waals surface area contributed by atoms with Crippen LogP contribution in [0, 0.1) is 0 Å². The maximum absolute atomic E-state index is 4.50. The fraction of sp³-hybridized carbons (Fsp3) is 0.667. The smallest absolute Gasteiger partial charge is 0.125 e. The molecule has 2 rings (SSSR count). The third kappa shape index (κ3) is 3.22. The molecule has 0 bridgehead atoms. The van der Waals surface area contributed by atoms with Crippen LogP contribution in [0.4, 0.5) is 5.82 Å². The molecule has 0 aliphatic carbocycles. The molecule has 0 aromatic carbocycles. The van der Waals surface area contributed by atoms with Crippen molar-refractivity contribution in [2.75, 3.05) is 25.0 Å². The zero-order chi connectivity index (χ0) is 12.8. The van der Waals surface area contributed by atoms with Crippen molar-refractivity contribution in [2.24, 2.45) is 0 Å². The first-order valence-electron chi connectivity index (χ1n) is 7.29. The molecule has 2 heterocycles. The fourth-order valence-corrected chi connectivity index (χ4v) is 2.81. The Kier molecular flexibility index (Phi) is 5.00. The summed E-state index contributed by atoms with van der Waals surface area (Å²) in [7, 11) is 0. The predicted octanol–water partition coefficient (Wildman–Crippen LogP) is 3.45. The molecular formula is C15H25N3. The van der Waals surface area contributed by atoms with Crippen LogP contribution in [0.1, 0.15) is 51.1 Å². The van der Waals surface area contributed by atoms with Crippen molar-refractivity contribution in [3.05, 3.63) is 23.9 Å². The highest BCUT2D eigenvalue weighted by atomic mass is 15.2. The number of aromatic nitrogens is 1. The Balaban J connectivity index is 2.07. The summed E-state index contributed by atoms with van der Waals surface area (Å²) in [4.78, 5) is 7.12. The monoisotopic (exact) mass is 247 g/mol. The van der Waals surface area contributed by atoms with Gasteiger partial charge in [0.05, 0.1) is 0 Å². The van der Waals surface area contributed by atoms with Gasteiger partial charge in [-0.2, -0.15) is 0 Å². The molecule has 1 fully saturated rings. The molecule has 1 unspecified atom stereocenters. The summed E-state index contributed by atoms with van der Waals surface area (Å²) in [5, 5.41) is 3.25. The number of nitrogens with one attached hydrogen (secondary N) is 1. The summed E-state index contributed by atoms with van der Waals surface area (Å²) >= 11 is 0. The number of pyridine rings is 1. The van der Waals surface area contributed by atoms with Crippen LogP contribution in [0.3, 0.4) is 0 Å². The summed E-state index contributed by atoms with van der Waals surface area (Å²) < 4.78 is 0. The molecule has 1 aromatic rings. The molecule has 0 spiro atoms. The number of nitrogens with zero attached hydrogens (tertiary/aromatic N) is 2. The Bertz CT molecular complexity index is 345. The average molecular weight is 247 g/mol. The maximum Gasteiger partial charge on any atom is 0.125 e. The number of piperidine rings is 1. The van der Waals surface area contributed by atoms with Gasteiger partial charge < -0.3 is 5.32 Å². The Hall–Kier alpha value is -1.09. The zero-order valence-corrected chi connectivity index (χ0v) is 11.7. The highest BCUT2D eigenvalue weighted by Crippen LogP contribution is 2.30. The number of hydrogen-bond donors (Lipinski definition) is 1. The lowest BCUT2D eigenvalue weighted by Gasteiger charge is -2.35. The van der Waals surface area contributed by atoms with Crippen LogP contribution in [0.25, 0.3) is 0 Å². The highest BCUT2D eigenvalue weighted by molar-refractivity contribution is 5.36. The molecular weight excluding hydrogens is 222 g/mol. The molecule has 100 valence electrons. The summed E-state index contributed by atoms with van der Waals surface area (Å²) in [5.41, 5.74) is 1.38. The summed E-state index contributed by atoms with van der Waals surface area (Å²) in [6, 6.07) is 4.93. The van der Waals surface area contributed by atoms with E-state index < -0.39 is 0 Å². The van der Waals surface area contributed by atoms with E-state index in [2.05, 4.69) is 47.4 Å². The van der Waals surface area contributed by atoms with E-state index >= 15 is 0 Å². The molecule has 1 aromatic heterocycles. The van der Waals surface area contributed by atoms with Gasteiger partial charge in [-0.3, -0.25) is 4.90 Å². The Morgan fingerprint density at radius 2 is 2.22 bits per heavy atom. The number of hydrogen-bond acceptors (Lipinski definition) is 3. The van der Waals surface area contributed by atoms with Crippen LogP contribution in [0.15, 0.2) is 18.3 Å². The summed E-state index contributed by atoms with van der Waals surface area (Å²) in [6.07, 6.45) is 7.26. The molecule has 3 nitrogen and oxygen atoms in total. The van der Waals surface area contributed by atoms with E-state index in [0.29, 0.717) is 6.04 Å². The van der Waals surface area contributed by atoms with Crippen molar-refractivity contribution in [3.63, 3.8) is 0 Å². The van der Waals surface area contributed by atoms with Gasteiger partial charge in [0.1, 0.15) is 5.82 Å². The van der Waals surface area contributed by atoms with E-state index in [1.807, 2.05) is 0 Å². The molecule has 1 saturated heterocycles. The first kappa shape index (κ1) is 13.3. The van der Waals surface area contributed by atoms with E-state index in [1.54, 1.807) is 0 Å². The molecule has 18 heavy (non-hydrogen) atoms. The quantitative estimate of drug-likeness (QED) is 0.863. The molecule has 0 amide bonds. The standard InChI is InChI=1S/C15H25N3/c1-3-10-18-11-6-5-7-14(18)13-8-9-15(16-4-2)17-12-13/h8-9,12,14H,3-7,10-11H2,1-2H3,(H,16,17). The van der Waals surface area contributed by atoms with Crippen LogP contribution in [0.2, 0.25) is 0 Å². The highest BCUT2D eigenvalue weighted by Gasteiger charge is 2.23. The lowest BCUT2D eigenvalue weighted by Crippen LogP contribution is -2.34. The first-order valence-corrected chi connectivity index (χ1v) is 7.29. The van der Waals surface area contributed by atoms with Gasteiger partial charge in [-0.25, -0.2) is 4.98 Å². The van der Waals surface area contributed by atoms with Gasteiger partial charge in [-0.15, -0.1) is 0 Å². The van der Waals surface area contributed by atoms with Crippen LogP contribution in [0.5, 0.6) is 0 Å². The maximum atomic E-state index is 4.50. The minimum Gasteiger partial charge on any atom is -0.370 e. The van der Waals surface area contributed by atoms with Crippen molar-refractivity contribution < 1.29 is 0 Å².